The molecule has 0 aromatic heterocycles. The number of nitrogen functional groups attached to an aromatic ring is 2. The van der Waals surface area contributed by atoms with Crippen LogP contribution in [0.25, 0.3) is 0 Å². The van der Waals surface area contributed by atoms with Crippen LogP contribution in [0.2, 0.25) is 10.0 Å². The lowest BCUT2D eigenvalue weighted by atomic mass is 9.78. The zero-order valence-electron chi connectivity index (χ0n) is 65.3. The number of carbonyl (C=O) groups is 9. The summed E-state index contributed by atoms with van der Waals surface area (Å²) >= 11 is 12.3. The van der Waals surface area contributed by atoms with E-state index in [9.17, 15) is 69.5 Å². The Morgan fingerprint density at radius 2 is 0.843 bits per heavy atom. The van der Waals surface area contributed by atoms with Gasteiger partial charge in [0.2, 0.25) is 0 Å². The number of nitrogens with one attached hydrogen (secondary N) is 2. The van der Waals surface area contributed by atoms with Crippen molar-refractivity contribution in [2.75, 3.05) is 162 Å². The van der Waals surface area contributed by atoms with Crippen LogP contribution in [-0.2, 0) is 81.2 Å². The normalized spacial score (nSPS) is 19.5. The highest BCUT2D eigenvalue weighted by atomic mass is 35.5. The van der Waals surface area contributed by atoms with Gasteiger partial charge in [-0.1, -0.05) is 59.6 Å². The number of carbonyl (C=O) groups excluding carboxylic acids is 9. The Kier molecular flexibility index (Phi) is 29.3. The van der Waals surface area contributed by atoms with Crippen LogP contribution >= 0.6 is 23.2 Å². The first-order chi connectivity index (χ1) is 54.7. The van der Waals surface area contributed by atoms with Crippen molar-refractivity contribution >= 4 is 99.9 Å². The summed E-state index contributed by atoms with van der Waals surface area (Å²) in [4.78, 5) is 135. The lowest BCUT2D eigenvalue weighted by Gasteiger charge is -2.41. The molecule has 4 aromatic rings. The maximum atomic E-state index is 14.1. The van der Waals surface area contributed by atoms with Crippen molar-refractivity contribution in [2.45, 2.75) is 140 Å². The number of esters is 2. The number of anilines is 4. The van der Waals surface area contributed by atoms with E-state index in [1.165, 1.54) is 26.8 Å². The van der Waals surface area contributed by atoms with Crippen molar-refractivity contribution in [1.29, 1.82) is 0 Å². The molecule has 0 aliphatic carbocycles. The number of urea groups is 2. The molecule has 8 aliphatic rings. The van der Waals surface area contributed by atoms with Crippen molar-refractivity contribution in [3.8, 4) is 0 Å². The number of nitrogens with two attached hydrogens (primary N) is 2. The summed E-state index contributed by atoms with van der Waals surface area (Å²) in [6.45, 7) is 7.57. The maximum Gasteiger partial charge on any atom is 0.418 e. The van der Waals surface area contributed by atoms with E-state index in [2.05, 4.69) is 15.5 Å². The van der Waals surface area contributed by atoms with Gasteiger partial charge in [0.15, 0.2) is 18.8 Å². The summed E-state index contributed by atoms with van der Waals surface area (Å²) in [5.74, 6) is -0.463. The van der Waals surface area contributed by atoms with Gasteiger partial charge in [-0.2, -0.15) is 26.3 Å². The van der Waals surface area contributed by atoms with Crippen LogP contribution in [0.3, 0.4) is 0 Å². The number of halogens is 8. The lowest BCUT2D eigenvalue weighted by Crippen LogP contribution is -2.52. The molecule has 12 rings (SSSR count). The fourth-order valence-electron chi connectivity index (χ4n) is 16.8. The van der Waals surface area contributed by atoms with Crippen LogP contribution in [0.4, 0.5) is 68.3 Å². The number of rotatable bonds is 21. The van der Waals surface area contributed by atoms with Crippen LogP contribution in [0, 0.1) is 23.7 Å². The molecule has 6 saturated heterocycles. The van der Waals surface area contributed by atoms with Gasteiger partial charge in [-0.15, -0.1) is 0 Å². The van der Waals surface area contributed by atoms with Gasteiger partial charge in [0.1, 0.15) is 6.61 Å². The quantitative estimate of drug-likeness (QED) is 0.0261. The molecule has 9 amide bonds. The van der Waals surface area contributed by atoms with Crippen molar-refractivity contribution < 1.29 is 88.4 Å². The highest BCUT2D eigenvalue weighted by Crippen LogP contribution is 2.42. The molecule has 35 heteroatoms. The van der Waals surface area contributed by atoms with Gasteiger partial charge in [0.05, 0.1) is 45.6 Å². The second-order valence-electron chi connectivity index (χ2n) is 31.6. The predicted molar refractivity (Wildman–Crippen MR) is 417 cm³/mol. The first-order valence-electron chi connectivity index (χ1n) is 39.4. The van der Waals surface area contributed by atoms with Gasteiger partial charge in [-0.3, -0.25) is 33.8 Å². The molecule has 0 saturated carbocycles. The standard InChI is InChI=1S/C40H51ClF3N7O7.C40H53ClF3N7O6/c1-47(2)34(52)24-57-35(53)23-48-13-7-26(8-14-48)27-9-15-49(16-10-27)37(54)33(21-25-19-30(40(42,43)44)36(45)31(41)20-25)58-39(56)50-17-11-29(12-18-50)51-22-28-5-3-4-6-32(28)46-38(51)55;1-47(2)19-20-56-35(52)25-48-13-7-27(8-14-48)28-9-15-49(16-10-28)37(53)34(23-26-21-31(40(42,43)44)36(45)32(41)22-26)57-39(55)50-17-11-30(12-18-50)51-24-29-5-3-4-6-33(29)46-38(51)54/h3-6,19-20,26-27,29,33H,7-18,21-24,45H2,1-2H3,(H,46,55);3-6,21-22,27-28,30,34H,7-20,23-25,45H2,1-2H3,(H,46,54)/t33-;34-/m11/s1. The molecule has 0 unspecified atom stereocenters. The number of piperidine rings is 6. The smallest absolute Gasteiger partial charge is 0.418 e. The van der Waals surface area contributed by atoms with E-state index in [1.807, 2.05) is 72.4 Å². The van der Waals surface area contributed by atoms with Crippen LogP contribution in [-0.4, -0.2) is 267 Å². The SMILES string of the molecule is CN(C)C(=O)COC(=O)CN1CCC(C2CCN(C(=O)[C@@H](Cc3cc(Cl)c(N)c(C(F)(F)F)c3)OC(=O)N3CCC(N4Cc5ccccc5NC4=O)CC3)CC2)CC1.CN(C)CCOC(=O)CN1CCC(C2CCN(C(=O)[C@@H](Cc3cc(Cl)c(N)c(C(F)(F)F)c3)OC(=O)N3CCC(N4Cc5ccccc5NC4=O)CC3)CC2)CC1. The summed E-state index contributed by atoms with van der Waals surface area (Å²) < 4.78 is 106. The van der Waals surface area contributed by atoms with Gasteiger partial charge in [-0.25, -0.2) is 19.2 Å². The first-order valence-corrected chi connectivity index (χ1v) is 40.2. The number of alkyl halides is 6. The summed E-state index contributed by atoms with van der Waals surface area (Å²) in [5.41, 5.74) is 11.5. The number of likely N-dealkylation sites (tertiary alicyclic amines) is 6. The summed E-state index contributed by atoms with van der Waals surface area (Å²) in [7, 11) is 7.02. The summed E-state index contributed by atoms with van der Waals surface area (Å²) in [5, 5.41) is 5.21. The minimum atomic E-state index is -4.80. The third-order valence-corrected chi connectivity index (χ3v) is 24.2. The molecular formula is C80H104Cl2F6N14O13. The molecular weight excluding hydrogens is 1550 g/mol. The molecule has 0 spiro atoms. The van der Waals surface area contributed by atoms with Crippen molar-refractivity contribution in [1.82, 2.24) is 49.0 Å². The molecule has 4 aromatic carbocycles. The fourth-order valence-corrected chi connectivity index (χ4v) is 17.3. The number of amides is 9. The largest absolute Gasteiger partial charge is 0.463 e. The van der Waals surface area contributed by atoms with Gasteiger partial charge in [-0.05, 0) is 200 Å². The van der Waals surface area contributed by atoms with E-state index >= 15 is 0 Å². The van der Waals surface area contributed by atoms with Crippen molar-refractivity contribution in [3.05, 3.63) is 116 Å². The van der Waals surface area contributed by atoms with Crippen molar-refractivity contribution in [2.24, 2.45) is 23.7 Å². The monoisotopic (exact) mass is 1650 g/mol. The van der Waals surface area contributed by atoms with Gasteiger partial charge < -0.3 is 80.2 Å². The summed E-state index contributed by atoms with van der Waals surface area (Å²) in [6, 6.07) is 18.7. The van der Waals surface area contributed by atoms with Gasteiger partial charge >= 0.3 is 48.5 Å². The third kappa shape index (κ3) is 23.0. The topological polar surface area (TPSA) is 299 Å². The lowest BCUT2D eigenvalue weighted by molar-refractivity contribution is -0.152. The fraction of sp³-hybridized carbons (Fsp3) is 0.588. The van der Waals surface area contributed by atoms with Crippen LogP contribution in [0.5, 0.6) is 0 Å². The Morgan fingerprint density at radius 3 is 1.20 bits per heavy atom. The minimum absolute atomic E-state index is 0.0441. The Hall–Kier alpha value is -9.05. The Morgan fingerprint density at radius 1 is 0.496 bits per heavy atom. The number of nitrogens with zero attached hydrogens (tertiary/aromatic N) is 10. The maximum absolute atomic E-state index is 14.1. The molecule has 27 nitrogen and oxygen atoms in total. The number of likely N-dealkylation sites (N-methyl/N-ethyl adjacent to an activating group) is 2. The Balaban J connectivity index is 0.000000226. The average Bonchev–Trinajstić information content (AvgIpc) is 0.808. The highest BCUT2D eigenvalue weighted by molar-refractivity contribution is 6.33. The van der Waals surface area contributed by atoms with Crippen LogP contribution < -0.4 is 22.1 Å². The van der Waals surface area contributed by atoms with E-state index in [1.54, 1.807) is 33.7 Å². The second kappa shape index (κ2) is 38.8. The molecule has 0 radical (unpaired) electrons. The van der Waals surface area contributed by atoms with E-state index in [0.717, 1.165) is 86.2 Å². The molecule has 6 N–H and O–H groups in total. The average molecular weight is 1650 g/mol. The zero-order chi connectivity index (χ0) is 82.6. The molecule has 628 valence electrons. The first kappa shape index (κ1) is 86.8. The molecule has 6 fully saturated rings. The van der Waals surface area contributed by atoms with Gasteiger partial charge in [0.25, 0.3) is 17.7 Å². The zero-order valence-corrected chi connectivity index (χ0v) is 66.9. The second-order valence-corrected chi connectivity index (χ2v) is 32.4. The van der Waals surface area contributed by atoms with Crippen LogP contribution in [0.1, 0.15) is 110 Å². The molecule has 0 bridgehead atoms. The number of ether oxygens (including phenoxy) is 4. The number of hydrogen-bond donors (Lipinski definition) is 4. The van der Waals surface area contributed by atoms with Crippen molar-refractivity contribution in [3.63, 3.8) is 0 Å². The van der Waals surface area contributed by atoms with Gasteiger partial charge in [0, 0.05) is 122 Å². The molecule has 8 heterocycles. The van der Waals surface area contributed by atoms with E-state index < -0.39 is 77.0 Å². The Bertz CT molecular complexity index is 4120. The summed E-state index contributed by atoms with van der Waals surface area (Å²) in [6.07, 6.45) is -6.27. The van der Waals surface area contributed by atoms with E-state index in [-0.39, 0.29) is 116 Å². The Labute approximate surface area is 675 Å². The predicted octanol–water partition coefficient (Wildman–Crippen LogP) is 10.6. The molecule has 115 heavy (non-hydrogen) atoms. The van der Waals surface area contributed by atoms with Crippen LogP contribution in [0.15, 0.2) is 72.8 Å². The van der Waals surface area contributed by atoms with E-state index in [0.29, 0.717) is 128 Å². The number of fused-ring (bicyclic) bond motifs is 2. The minimum Gasteiger partial charge on any atom is -0.463 e. The molecule has 8 aliphatic heterocycles. The number of benzene rings is 4. The molecule has 2 atom stereocenters. The number of para-hydroxylation sites is 2. The van der Waals surface area contributed by atoms with E-state index in [4.69, 9.17) is 53.6 Å². The third-order valence-electron chi connectivity index (χ3n) is 23.6. The number of hydrogen-bond acceptors (Lipinski definition) is 18. The highest BCUT2D eigenvalue weighted by Gasteiger charge is 2.43.